The highest BCUT2D eigenvalue weighted by Gasteiger charge is 2.14. The zero-order valence-electron chi connectivity index (χ0n) is 10.5. The average molecular weight is 237 g/mol. The van der Waals surface area contributed by atoms with Crippen LogP contribution in [0.4, 0.5) is 0 Å². The van der Waals surface area contributed by atoms with Gasteiger partial charge in [-0.2, -0.15) is 0 Å². The van der Waals surface area contributed by atoms with E-state index in [4.69, 9.17) is 0 Å². The molecular formula is C13H19NO3. The molecule has 0 saturated carbocycles. The van der Waals surface area contributed by atoms with Crippen molar-refractivity contribution in [2.75, 3.05) is 7.05 Å². The molecular weight excluding hydrogens is 218 g/mol. The summed E-state index contributed by atoms with van der Waals surface area (Å²) in [5.41, 5.74) is 0.892. The number of hydrogen-bond acceptors (Lipinski definition) is 3. The zero-order valence-corrected chi connectivity index (χ0v) is 10.5. The molecule has 1 atom stereocenters. The number of rotatable bonds is 4. The van der Waals surface area contributed by atoms with E-state index < -0.39 is 0 Å². The molecule has 1 rings (SSSR count). The molecule has 1 aromatic rings. The minimum Gasteiger partial charge on any atom is -0.504 e. The predicted molar refractivity (Wildman–Crippen MR) is 66.0 cm³/mol. The average Bonchev–Trinajstić information content (AvgIpc) is 2.31. The van der Waals surface area contributed by atoms with E-state index in [0.717, 1.165) is 5.56 Å². The van der Waals surface area contributed by atoms with Gasteiger partial charge in [-0.15, -0.1) is 0 Å². The molecule has 4 heteroatoms. The predicted octanol–water partition coefficient (Wildman–Crippen LogP) is 1.90. The monoisotopic (exact) mass is 237 g/mol. The van der Waals surface area contributed by atoms with Crippen LogP contribution in [-0.2, 0) is 11.2 Å². The first-order valence-corrected chi connectivity index (χ1v) is 5.72. The van der Waals surface area contributed by atoms with Crippen LogP contribution in [0.2, 0.25) is 0 Å². The molecule has 0 aliphatic carbocycles. The van der Waals surface area contributed by atoms with E-state index in [2.05, 4.69) is 0 Å². The van der Waals surface area contributed by atoms with Crippen LogP contribution in [0.1, 0.15) is 25.8 Å². The number of hydrogen-bond donors (Lipinski definition) is 2. The van der Waals surface area contributed by atoms with Crippen molar-refractivity contribution in [2.24, 2.45) is 0 Å². The van der Waals surface area contributed by atoms with Crippen LogP contribution in [-0.4, -0.2) is 34.1 Å². The number of carbonyl (C=O) groups is 1. The van der Waals surface area contributed by atoms with E-state index in [0.29, 0.717) is 12.8 Å². The minimum absolute atomic E-state index is 0.0615. The fraction of sp³-hybridized carbons (Fsp3) is 0.462. The lowest BCUT2D eigenvalue weighted by Crippen LogP contribution is -2.35. The normalized spacial score (nSPS) is 12.2. The molecule has 0 radical (unpaired) electrons. The van der Waals surface area contributed by atoms with E-state index in [-0.39, 0.29) is 23.4 Å². The first-order valence-electron chi connectivity index (χ1n) is 5.72. The Bertz CT molecular complexity index is 404. The van der Waals surface area contributed by atoms with Gasteiger partial charge < -0.3 is 15.1 Å². The van der Waals surface area contributed by atoms with Crippen molar-refractivity contribution in [3.8, 4) is 11.5 Å². The zero-order chi connectivity index (χ0) is 13.0. The van der Waals surface area contributed by atoms with Crippen LogP contribution >= 0.6 is 0 Å². The maximum absolute atomic E-state index is 11.5. The van der Waals surface area contributed by atoms with E-state index in [1.807, 2.05) is 13.8 Å². The maximum atomic E-state index is 11.5. The summed E-state index contributed by atoms with van der Waals surface area (Å²) in [5.74, 6) is -0.154. The number of likely N-dealkylation sites (N-methyl/N-ethyl adjacent to an activating group) is 1. The number of phenolic OH excluding ortho intramolecular Hbond substituents is 2. The van der Waals surface area contributed by atoms with Crippen LogP contribution < -0.4 is 0 Å². The van der Waals surface area contributed by atoms with E-state index in [1.54, 1.807) is 18.0 Å². The van der Waals surface area contributed by atoms with E-state index in [1.165, 1.54) is 12.1 Å². The number of amides is 1. The van der Waals surface area contributed by atoms with Crippen LogP contribution in [0.15, 0.2) is 18.2 Å². The van der Waals surface area contributed by atoms with Gasteiger partial charge in [-0.1, -0.05) is 13.0 Å². The van der Waals surface area contributed by atoms with E-state index in [9.17, 15) is 15.0 Å². The topological polar surface area (TPSA) is 60.8 Å². The van der Waals surface area contributed by atoms with Crippen LogP contribution in [0.3, 0.4) is 0 Å². The van der Waals surface area contributed by atoms with Gasteiger partial charge in [-0.25, -0.2) is 0 Å². The van der Waals surface area contributed by atoms with Gasteiger partial charge in [0, 0.05) is 19.5 Å². The summed E-state index contributed by atoms with van der Waals surface area (Å²) in [5, 5.41) is 18.6. The molecule has 0 aromatic heterocycles. The first-order chi connectivity index (χ1) is 7.95. The highest BCUT2D eigenvalue weighted by atomic mass is 16.3. The fourth-order valence-corrected chi connectivity index (χ4v) is 1.67. The molecule has 1 unspecified atom stereocenters. The van der Waals surface area contributed by atoms with Crippen LogP contribution in [0.5, 0.6) is 11.5 Å². The second-order valence-corrected chi connectivity index (χ2v) is 4.23. The summed E-state index contributed by atoms with van der Waals surface area (Å²) in [7, 11) is 1.77. The Kier molecular flexibility index (Phi) is 4.37. The summed E-state index contributed by atoms with van der Waals surface area (Å²) in [6, 6.07) is 4.79. The van der Waals surface area contributed by atoms with Crippen molar-refractivity contribution in [1.82, 2.24) is 4.90 Å². The molecule has 1 aromatic carbocycles. The highest BCUT2D eigenvalue weighted by molar-refractivity contribution is 5.75. The quantitative estimate of drug-likeness (QED) is 0.786. The highest BCUT2D eigenvalue weighted by Crippen LogP contribution is 2.25. The summed E-state index contributed by atoms with van der Waals surface area (Å²) in [4.78, 5) is 13.2. The van der Waals surface area contributed by atoms with Gasteiger partial charge in [-0.3, -0.25) is 4.79 Å². The summed E-state index contributed by atoms with van der Waals surface area (Å²) >= 11 is 0. The standard InChI is InChI=1S/C13H19NO3/c1-4-13(17)14(3)9(2)7-10-5-6-11(15)12(16)8-10/h5-6,8-9,15-16H,4,7H2,1-3H3. The molecule has 2 N–H and O–H groups in total. The Morgan fingerprint density at radius 3 is 2.53 bits per heavy atom. The molecule has 4 nitrogen and oxygen atoms in total. The Balaban J connectivity index is 2.70. The molecule has 94 valence electrons. The SMILES string of the molecule is CCC(=O)N(C)C(C)Cc1ccc(O)c(O)c1. The molecule has 0 heterocycles. The fourth-order valence-electron chi connectivity index (χ4n) is 1.67. The molecule has 0 aliphatic heterocycles. The van der Waals surface area contributed by atoms with Gasteiger partial charge in [0.05, 0.1) is 0 Å². The smallest absolute Gasteiger partial charge is 0.222 e. The van der Waals surface area contributed by atoms with Crippen molar-refractivity contribution in [2.45, 2.75) is 32.7 Å². The second-order valence-electron chi connectivity index (χ2n) is 4.23. The van der Waals surface area contributed by atoms with Gasteiger partial charge in [0.2, 0.25) is 5.91 Å². The third kappa shape index (κ3) is 3.37. The first kappa shape index (κ1) is 13.4. The Labute approximate surface area is 101 Å². The molecule has 0 fully saturated rings. The van der Waals surface area contributed by atoms with Gasteiger partial charge in [0.1, 0.15) is 0 Å². The van der Waals surface area contributed by atoms with Crippen molar-refractivity contribution in [3.63, 3.8) is 0 Å². The Hall–Kier alpha value is -1.71. The molecule has 0 bridgehead atoms. The lowest BCUT2D eigenvalue weighted by atomic mass is 10.1. The Morgan fingerprint density at radius 2 is 2.00 bits per heavy atom. The molecule has 17 heavy (non-hydrogen) atoms. The minimum atomic E-state index is -0.126. The van der Waals surface area contributed by atoms with Crippen molar-refractivity contribution in [1.29, 1.82) is 0 Å². The third-order valence-corrected chi connectivity index (χ3v) is 2.93. The summed E-state index contributed by atoms with van der Waals surface area (Å²) in [6.07, 6.45) is 1.14. The van der Waals surface area contributed by atoms with Crippen molar-refractivity contribution < 1.29 is 15.0 Å². The molecule has 0 saturated heterocycles. The van der Waals surface area contributed by atoms with Gasteiger partial charge in [-0.05, 0) is 31.0 Å². The molecule has 0 spiro atoms. The maximum Gasteiger partial charge on any atom is 0.222 e. The van der Waals surface area contributed by atoms with Crippen LogP contribution in [0.25, 0.3) is 0 Å². The number of benzene rings is 1. The Morgan fingerprint density at radius 1 is 1.35 bits per heavy atom. The number of nitrogens with zero attached hydrogens (tertiary/aromatic N) is 1. The van der Waals surface area contributed by atoms with Gasteiger partial charge in [0.15, 0.2) is 11.5 Å². The molecule has 1 amide bonds. The van der Waals surface area contributed by atoms with Crippen molar-refractivity contribution >= 4 is 5.91 Å². The number of aromatic hydroxyl groups is 2. The third-order valence-electron chi connectivity index (χ3n) is 2.93. The second kappa shape index (κ2) is 5.57. The lowest BCUT2D eigenvalue weighted by Gasteiger charge is -2.24. The van der Waals surface area contributed by atoms with Crippen LogP contribution in [0, 0.1) is 0 Å². The van der Waals surface area contributed by atoms with Crippen molar-refractivity contribution in [3.05, 3.63) is 23.8 Å². The molecule has 0 aliphatic rings. The lowest BCUT2D eigenvalue weighted by molar-refractivity contribution is -0.131. The van der Waals surface area contributed by atoms with E-state index >= 15 is 0 Å². The van der Waals surface area contributed by atoms with Gasteiger partial charge in [0.25, 0.3) is 0 Å². The number of phenols is 2. The largest absolute Gasteiger partial charge is 0.504 e. The summed E-state index contributed by atoms with van der Waals surface area (Å²) < 4.78 is 0. The van der Waals surface area contributed by atoms with Gasteiger partial charge >= 0.3 is 0 Å². The summed E-state index contributed by atoms with van der Waals surface area (Å²) in [6.45, 7) is 3.79. The number of carbonyl (C=O) groups excluding carboxylic acids is 1.